The lowest BCUT2D eigenvalue weighted by Gasteiger charge is -2.22. The van der Waals surface area contributed by atoms with Gasteiger partial charge in [0.25, 0.3) is 0 Å². The topological polar surface area (TPSA) is 6.48 Å². The smallest absolute Gasteiger partial charge is 0.0159 e. The standard InChI is InChI=1S/C9H21BrN2/c1-4-6-12(7-5-10)9-8-11(2)3/h4-9H2,1-3H3. The summed E-state index contributed by atoms with van der Waals surface area (Å²) in [6.07, 6.45) is 1.25. The van der Waals surface area contributed by atoms with Crippen LogP contribution in [0.5, 0.6) is 0 Å². The van der Waals surface area contributed by atoms with Crippen LogP contribution in [0.2, 0.25) is 0 Å². The van der Waals surface area contributed by atoms with Crippen LogP contribution in [0.3, 0.4) is 0 Å². The summed E-state index contributed by atoms with van der Waals surface area (Å²) in [5.41, 5.74) is 0. The second-order valence-corrected chi connectivity index (χ2v) is 4.13. The van der Waals surface area contributed by atoms with Crippen LogP contribution in [-0.4, -0.2) is 55.4 Å². The van der Waals surface area contributed by atoms with Crippen LogP contribution in [0.1, 0.15) is 13.3 Å². The minimum atomic E-state index is 1.08. The molecule has 0 aliphatic heterocycles. The van der Waals surface area contributed by atoms with E-state index in [1.807, 2.05) is 0 Å². The van der Waals surface area contributed by atoms with E-state index < -0.39 is 0 Å². The predicted octanol–water partition coefficient (Wildman–Crippen LogP) is 1.65. The van der Waals surface area contributed by atoms with Gasteiger partial charge in [0, 0.05) is 25.0 Å². The van der Waals surface area contributed by atoms with Gasteiger partial charge in [-0.15, -0.1) is 0 Å². The van der Waals surface area contributed by atoms with E-state index >= 15 is 0 Å². The van der Waals surface area contributed by atoms with Crippen LogP contribution >= 0.6 is 15.9 Å². The zero-order valence-corrected chi connectivity index (χ0v) is 10.1. The first-order valence-corrected chi connectivity index (χ1v) is 5.76. The quantitative estimate of drug-likeness (QED) is 0.621. The molecule has 0 aromatic carbocycles. The van der Waals surface area contributed by atoms with Crippen molar-refractivity contribution in [3.8, 4) is 0 Å². The van der Waals surface area contributed by atoms with E-state index in [4.69, 9.17) is 0 Å². The Labute approximate surface area is 85.0 Å². The van der Waals surface area contributed by atoms with E-state index in [1.165, 1.54) is 26.1 Å². The van der Waals surface area contributed by atoms with Crippen molar-refractivity contribution in [1.29, 1.82) is 0 Å². The number of hydrogen-bond acceptors (Lipinski definition) is 2. The maximum absolute atomic E-state index is 3.47. The summed E-state index contributed by atoms with van der Waals surface area (Å²) < 4.78 is 0. The Kier molecular flexibility index (Phi) is 8.29. The summed E-state index contributed by atoms with van der Waals surface area (Å²) in [7, 11) is 4.25. The van der Waals surface area contributed by atoms with Crippen molar-refractivity contribution in [2.75, 3.05) is 45.6 Å². The van der Waals surface area contributed by atoms with Crippen molar-refractivity contribution < 1.29 is 0 Å². The Morgan fingerprint density at radius 3 is 2.08 bits per heavy atom. The maximum Gasteiger partial charge on any atom is 0.0159 e. The maximum atomic E-state index is 3.47. The molecule has 0 saturated carbocycles. The van der Waals surface area contributed by atoms with Crippen LogP contribution in [0.4, 0.5) is 0 Å². The van der Waals surface area contributed by atoms with Crippen LogP contribution in [-0.2, 0) is 0 Å². The van der Waals surface area contributed by atoms with Gasteiger partial charge >= 0.3 is 0 Å². The van der Waals surface area contributed by atoms with Gasteiger partial charge in [0.1, 0.15) is 0 Å². The van der Waals surface area contributed by atoms with Crippen molar-refractivity contribution in [2.24, 2.45) is 0 Å². The molecular weight excluding hydrogens is 216 g/mol. The van der Waals surface area contributed by atoms with E-state index in [0.29, 0.717) is 0 Å². The van der Waals surface area contributed by atoms with E-state index in [2.05, 4.69) is 46.7 Å². The van der Waals surface area contributed by atoms with E-state index in [0.717, 1.165) is 11.9 Å². The highest BCUT2D eigenvalue weighted by Crippen LogP contribution is 1.93. The Hall–Kier alpha value is 0.400. The van der Waals surface area contributed by atoms with Crippen molar-refractivity contribution in [1.82, 2.24) is 9.80 Å². The average Bonchev–Trinajstić information content (AvgIpc) is 2.01. The first kappa shape index (κ1) is 12.4. The fraction of sp³-hybridized carbons (Fsp3) is 1.00. The SMILES string of the molecule is CCCN(CCBr)CCN(C)C. The molecule has 0 aliphatic rings. The van der Waals surface area contributed by atoms with Crippen LogP contribution < -0.4 is 0 Å². The molecule has 0 radical (unpaired) electrons. The third-order valence-electron chi connectivity index (χ3n) is 1.80. The molecule has 0 atom stereocenters. The molecular formula is C9H21BrN2. The molecule has 0 fully saturated rings. The largest absolute Gasteiger partial charge is 0.308 e. The number of likely N-dealkylation sites (N-methyl/N-ethyl adjacent to an activating group) is 1. The molecule has 3 heteroatoms. The highest BCUT2D eigenvalue weighted by atomic mass is 79.9. The highest BCUT2D eigenvalue weighted by Gasteiger charge is 2.02. The normalized spacial score (nSPS) is 11.5. The molecule has 0 aromatic heterocycles. The van der Waals surface area contributed by atoms with E-state index in [-0.39, 0.29) is 0 Å². The monoisotopic (exact) mass is 236 g/mol. The van der Waals surface area contributed by atoms with Gasteiger partial charge in [0.15, 0.2) is 0 Å². The summed E-state index contributed by atoms with van der Waals surface area (Å²) in [5, 5.41) is 1.08. The number of hydrogen-bond donors (Lipinski definition) is 0. The van der Waals surface area contributed by atoms with Gasteiger partial charge in [0.05, 0.1) is 0 Å². The fourth-order valence-electron chi connectivity index (χ4n) is 1.11. The summed E-state index contributed by atoms with van der Waals surface area (Å²) in [6, 6.07) is 0. The second kappa shape index (κ2) is 8.02. The molecule has 0 unspecified atom stereocenters. The van der Waals surface area contributed by atoms with E-state index in [1.54, 1.807) is 0 Å². The van der Waals surface area contributed by atoms with Crippen molar-refractivity contribution in [3.05, 3.63) is 0 Å². The zero-order chi connectivity index (χ0) is 9.40. The Balaban J connectivity index is 3.48. The first-order valence-electron chi connectivity index (χ1n) is 4.63. The lowest BCUT2D eigenvalue weighted by molar-refractivity contribution is 0.253. The Morgan fingerprint density at radius 1 is 1.00 bits per heavy atom. The van der Waals surface area contributed by atoms with Gasteiger partial charge in [-0.2, -0.15) is 0 Å². The summed E-state index contributed by atoms with van der Waals surface area (Å²) in [5.74, 6) is 0. The molecule has 74 valence electrons. The van der Waals surface area contributed by atoms with Crippen LogP contribution in [0.25, 0.3) is 0 Å². The fourth-order valence-corrected chi connectivity index (χ4v) is 1.61. The molecule has 12 heavy (non-hydrogen) atoms. The average molecular weight is 237 g/mol. The van der Waals surface area contributed by atoms with Crippen molar-refractivity contribution >= 4 is 15.9 Å². The molecule has 0 N–H and O–H groups in total. The van der Waals surface area contributed by atoms with Crippen molar-refractivity contribution in [2.45, 2.75) is 13.3 Å². The van der Waals surface area contributed by atoms with E-state index in [9.17, 15) is 0 Å². The molecule has 0 bridgehead atoms. The van der Waals surface area contributed by atoms with Gasteiger partial charge in [-0.05, 0) is 27.1 Å². The van der Waals surface area contributed by atoms with Crippen LogP contribution in [0.15, 0.2) is 0 Å². The summed E-state index contributed by atoms with van der Waals surface area (Å²) >= 11 is 3.47. The molecule has 2 nitrogen and oxygen atoms in total. The molecule has 0 saturated heterocycles. The number of nitrogens with zero attached hydrogens (tertiary/aromatic N) is 2. The highest BCUT2D eigenvalue weighted by molar-refractivity contribution is 9.09. The van der Waals surface area contributed by atoms with Gasteiger partial charge < -0.3 is 9.80 Å². The van der Waals surface area contributed by atoms with Gasteiger partial charge in [0.2, 0.25) is 0 Å². The lowest BCUT2D eigenvalue weighted by Crippen LogP contribution is -2.33. The Bertz CT molecular complexity index is 90.5. The minimum absolute atomic E-state index is 1.08. The molecule has 0 spiro atoms. The summed E-state index contributed by atoms with van der Waals surface area (Å²) in [6.45, 7) is 6.97. The van der Waals surface area contributed by atoms with Gasteiger partial charge in [-0.1, -0.05) is 22.9 Å². The third kappa shape index (κ3) is 7.07. The number of rotatable bonds is 7. The minimum Gasteiger partial charge on any atom is -0.308 e. The molecule has 0 aliphatic carbocycles. The molecule has 0 amide bonds. The molecule has 0 heterocycles. The second-order valence-electron chi connectivity index (χ2n) is 3.33. The molecule has 0 aromatic rings. The zero-order valence-electron chi connectivity index (χ0n) is 8.52. The van der Waals surface area contributed by atoms with Crippen molar-refractivity contribution in [3.63, 3.8) is 0 Å². The Morgan fingerprint density at radius 2 is 1.67 bits per heavy atom. The number of alkyl halides is 1. The molecule has 0 rings (SSSR count). The first-order chi connectivity index (χ1) is 5.70. The third-order valence-corrected chi connectivity index (χ3v) is 2.16. The number of halogens is 1. The predicted molar refractivity (Wildman–Crippen MR) is 59.1 cm³/mol. The van der Waals surface area contributed by atoms with Gasteiger partial charge in [-0.3, -0.25) is 0 Å². The lowest BCUT2D eigenvalue weighted by atomic mass is 10.4. The van der Waals surface area contributed by atoms with Crippen LogP contribution in [0, 0.1) is 0 Å². The van der Waals surface area contributed by atoms with Gasteiger partial charge in [-0.25, -0.2) is 0 Å². The summed E-state index contributed by atoms with van der Waals surface area (Å²) in [4.78, 5) is 4.73.